The van der Waals surface area contributed by atoms with Gasteiger partial charge in [0, 0.05) is 31.1 Å². The number of amides is 2. The highest BCUT2D eigenvalue weighted by atomic mass is 35.5. The summed E-state index contributed by atoms with van der Waals surface area (Å²) >= 11 is 5.86. The van der Waals surface area contributed by atoms with Crippen LogP contribution < -0.4 is 10.6 Å². The van der Waals surface area contributed by atoms with Gasteiger partial charge in [-0.2, -0.15) is 0 Å². The Hall–Kier alpha value is -2.56. The maximum atomic E-state index is 12.7. The Labute approximate surface area is 206 Å². The number of hydrogen-bond acceptors (Lipinski definition) is 5. The van der Waals surface area contributed by atoms with E-state index < -0.39 is 11.9 Å². The molecular formula is C26H34ClN3O4. The minimum Gasteiger partial charge on any atom is -0.460 e. The summed E-state index contributed by atoms with van der Waals surface area (Å²) in [5, 5.41) is 6.74. The third-order valence-corrected chi connectivity index (χ3v) is 6.88. The van der Waals surface area contributed by atoms with Gasteiger partial charge in [0.2, 0.25) is 11.8 Å². The van der Waals surface area contributed by atoms with Crippen LogP contribution in [-0.2, 0) is 25.7 Å². The molecule has 7 nitrogen and oxygen atoms in total. The summed E-state index contributed by atoms with van der Waals surface area (Å²) in [6, 6.07) is 6.97. The van der Waals surface area contributed by atoms with Crippen molar-refractivity contribution in [2.24, 2.45) is 17.8 Å². The van der Waals surface area contributed by atoms with Crippen molar-refractivity contribution in [1.29, 1.82) is 0 Å². The molecular weight excluding hydrogens is 454 g/mol. The summed E-state index contributed by atoms with van der Waals surface area (Å²) in [4.78, 5) is 39.6. The number of esters is 1. The second-order valence-corrected chi connectivity index (χ2v) is 9.55. The van der Waals surface area contributed by atoms with Crippen molar-refractivity contribution in [2.45, 2.75) is 45.1 Å². The Bertz CT molecular complexity index is 877. The topological polar surface area (TPSA) is 87.7 Å². The first kappa shape index (κ1) is 26.1. The fourth-order valence-corrected chi connectivity index (χ4v) is 4.59. The van der Waals surface area contributed by atoms with Gasteiger partial charge in [0.1, 0.15) is 12.5 Å². The van der Waals surface area contributed by atoms with Crippen molar-refractivity contribution < 1.29 is 19.1 Å². The Kier molecular flexibility index (Phi) is 10.2. The predicted octanol–water partition coefficient (Wildman–Crippen LogP) is 2.77. The minimum atomic E-state index is -0.873. The molecule has 3 rings (SSSR count). The molecule has 0 unspecified atom stereocenters. The predicted molar refractivity (Wildman–Crippen MR) is 131 cm³/mol. The molecule has 2 heterocycles. The van der Waals surface area contributed by atoms with Crippen molar-refractivity contribution in [3.8, 4) is 12.3 Å². The highest BCUT2D eigenvalue weighted by molar-refractivity contribution is 6.30. The van der Waals surface area contributed by atoms with Crippen molar-refractivity contribution in [1.82, 2.24) is 15.5 Å². The number of nitrogens with zero attached hydrogens (tertiary/aromatic N) is 1. The molecule has 2 amide bonds. The average Bonchev–Trinajstić information content (AvgIpc) is 2.87. The molecule has 0 aliphatic carbocycles. The lowest BCUT2D eigenvalue weighted by Crippen LogP contribution is -2.46. The molecule has 1 aromatic carbocycles. The van der Waals surface area contributed by atoms with Crippen molar-refractivity contribution in [3.05, 3.63) is 34.9 Å². The molecule has 2 saturated heterocycles. The van der Waals surface area contributed by atoms with Gasteiger partial charge in [0.25, 0.3) is 0 Å². The summed E-state index contributed by atoms with van der Waals surface area (Å²) in [5.74, 6) is 1.23. The molecule has 2 aliphatic rings. The lowest BCUT2D eigenvalue weighted by atomic mass is 9.92. The second kappa shape index (κ2) is 13.4. The normalized spacial score (nSPS) is 19.6. The molecule has 0 saturated carbocycles. The van der Waals surface area contributed by atoms with Crippen LogP contribution in [0.1, 0.15) is 44.1 Å². The molecule has 0 radical (unpaired) electrons. The van der Waals surface area contributed by atoms with Gasteiger partial charge >= 0.3 is 5.97 Å². The third-order valence-electron chi connectivity index (χ3n) is 6.63. The number of piperidine rings is 2. The largest absolute Gasteiger partial charge is 0.460 e. The molecule has 1 aromatic rings. The first-order chi connectivity index (χ1) is 16.5. The molecule has 34 heavy (non-hydrogen) atoms. The monoisotopic (exact) mass is 487 g/mol. The first-order valence-electron chi connectivity index (χ1n) is 12.1. The fraction of sp³-hybridized carbons (Fsp3) is 0.577. The van der Waals surface area contributed by atoms with Crippen LogP contribution in [0, 0.1) is 30.1 Å². The minimum absolute atomic E-state index is 0.00888. The van der Waals surface area contributed by atoms with Crippen LogP contribution in [-0.4, -0.2) is 55.4 Å². The molecule has 2 atom stereocenters. The smallest absolute Gasteiger partial charge is 0.323 e. The van der Waals surface area contributed by atoms with Gasteiger partial charge in [-0.25, -0.2) is 0 Å². The van der Waals surface area contributed by atoms with Crippen molar-refractivity contribution in [2.75, 3.05) is 32.7 Å². The first-order valence-corrected chi connectivity index (χ1v) is 12.5. The quantitative estimate of drug-likeness (QED) is 0.413. The van der Waals surface area contributed by atoms with Crippen LogP contribution >= 0.6 is 11.6 Å². The summed E-state index contributed by atoms with van der Waals surface area (Å²) in [7, 11) is 0. The molecule has 2 fully saturated rings. The van der Waals surface area contributed by atoms with E-state index in [1.54, 1.807) is 24.3 Å². The van der Waals surface area contributed by atoms with Crippen LogP contribution in [0.25, 0.3) is 0 Å². The maximum Gasteiger partial charge on any atom is 0.323 e. The Morgan fingerprint density at radius 3 is 2.65 bits per heavy atom. The number of benzene rings is 1. The highest BCUT2D eigenvalue weighted by Crippen LogP contribution is 2.21. The number of carbonyl (C=O) groups is 3. The van der Waals surface area contributed by atoms with E-state index in [4.69, 9.17) is 22.8 Å². The van der Waals surface area contributed by atoms with Crippen LogP contribution in [0.3, 0.4) is 0 Å². The SMILES string of the molecule is C#C[C@@H](CNC(=O)[C@@H]1CCCN(C(=O)CCC2CCNCC2)C1)C(=O)OCc1ccc(Cl)cc1. The van der Waals surface area contributed by atoms with Crippen molar-refractivity contribution >= 4 is 29.4 Å². The van der Waals surface area contributed by atoms with E-state index in [0.717, 1.165) is 44.3 Å². The molecule has 0 aromatic heterocycles. The lowest BCUT2D eigenvalue weighted by Gasteiger charge is -2.33. The van der Waals surface area contributed by atoms with Crippen LogP contribution in [0.5, 0.6) is 0 Å². The zero-order valence-corrected chi connectivity index (χ0v) is 20.3. The van der Waals surface area contributed by atoms with E-state index >= 15 is 0 Å². The van der Waals surface area contributed by atoms with Crippen molar-refractivity contribution in [3.63, 3.8) is 0 Å². The number of carbonyl (C=O) groups excluding carboxylic acids is 3. The molecule has 2 N–H and O–H groups in total. The van der Waals surface area contributed by atoms with Crippen LogP contribution in [0.4, 0.5) is 0 Å². The number of ether oxygens (including phenoxy) is 1. The average molecular weight is 488 g/mol. The van der Waals surface area contributed by atoms with Gasteiger partial charge in [-0.05, 0) is 68.8 Å². The van der Waals surface area contributed by atoms with Gasteiger partial charge in [-0.3, -0.25) is 14.4 Å². The number of halogens is 1. The Morgan fingerprint density at radius 1 is 1.21 bits per heavy atom. The number of likely N-dealkylation sites (tertiary alicyclic amines) is 1. The molecule has 0 bridgehead atoms. The summed E-state index contributed by atoms with van der Waals surface area (Å²) in [6.07, 6.45) is 10.7. The van der Waals surface area contributed by atoms with E-state index in [1.807, 2.05) is 4.90 Å². The zero-order chi connectivity index (χ0) is 24.3. The van der Waals surface area contributed by atoms with Gasteiger partial charge in [0.15, 0.2) is 0 Å². The van der Waals surface area contributed by atoms with E-state index in [1.165, 1.54) is 0 Å². The number of nitrogens with one attached hydrogen (secondary N) is 2. The standard InChI is InChI=1S/C26H34ClN3O4/c1-2-21(26(33)34-18-20-5-8-23(27)9-6-20)16-29-25(32)22-4-3-15-30(17-22)24(31)10-7-19-11-13-28-14-12-19/h1,5-6,8-9,19,21-22,28H,3-4,7,10-18H2,(H,29,32)/t21-,22+/m0/s1. The highest BCUT2D eigenvalue weighted by Gasteiger charge is 2.29. The molecule has 2 aliphatic heterocycles. The van der Waals surface area contributed by atoms with E-state index in [9.17, 15) is 14.4 Å². The Balaban J connectivity index is 1.40. The third kappa shape index (κ3) is 8.03. The van der Waals surface area contributed by atoms with Gasteiger partial charge in [-0.15, -0.1) is 6.42 Å². The summed E-state index contributed by atoms with van der Waals surface area (Å²) in [6.45, 7) is 3.25. The summed E-state index contributed by atoms with van der Waals surface area (Å²) in [5.41, 5.74) is 0.796. The van der Waals surface area contributed by atoms with Gasteiger partial charge in [-0.1, -0.05) is 29.7 Å². The number of terminal acetylenes is 1. The van der Waals surface area contributed by atoms with E-state index in [0.29, 0.717) is 36.9 Å². The van der Waals surface area contributed by atoms with Crippen LogP contribution in [0.2, 0.25) is 5.02 Å². The fourth-order valence-electron chi connectivity index (χ4n) is 4.47. The molecule has 0 spiro atoms. The zero-order valence-electron chi connectivity index (χ0n) is 19.6. The van der Waals surface area contributed by atoms with Crippen LogP contribution in [0.15, 0.2) is 24.3 Å². The molecule has 184 valence electrons. The number of rotatable bonds is 9. The molecule has 8 heteroatoms. The summed E-state index contributed by atoms with van der Waals surface area (Å²) < 4.78 is 5.29. The second-order valence-electron chi connectivity index (χ2n) is 9.11. The number of hydrogen-bond donors (Lipinski definition) is 2. The van der Waals surface area contributed by atoms with Gasteiger partial charge < -0.3 is 20.3 Å². The van der Waals surface area contributed by atoms with E-state index in [-0.39, 0.29) is 30.9 Å². The Morgan fingerprint density at radius 2 is 1.94 bits per heavy atom. The van der Waals surface area contributed by atoms with Gasteiger partial charge in [0.05, 0.1) is 5.92 Å². The van der Waals surface area contributed by atoms with E-state index in [2.05, 4.69) is 16.6 Å². The lowest BCUT2D eigenvalue weighted by molar-refractivity contribution is -0.147. The maximum absolute atomic E-state index is 12.7.